The Hall–Kier alpha value is -2.18. The van der Waals surface area contributed by atoms with Crippen molar-refractivity contribution >= 4 is 5.91 Å². The summed E-state index contributed by atoms with van der Waals surface area (Å²) in [4.78, 5) is 12.9. The molecule has 2 aromatic rings. The predicted molar refractivity (Wildman–Crippen MR) is 103 cm³/mol. The van der Waals surface area contributed by atoms with Crippen LogP contribution < -0.4 is 10.6 Å². The highest BCUT2D eigenvalue weighted by molar-refractivity contribution is 5.80. The normalized spacial score (nSPS) is 28.2. The van der Waals surface area contributed by atoms with Crippen molar-refractivity contribution in [1.82, 2.24) is 20.4 Å². The van der Waals surface area contributed by atoms with Gasteiger partial charge in [0.2, 0.25) is 5.91 Å². The Balaban J connectivity index is 1.39. The topological polar surface area (TPSA) is 68.2 Å². The molecule has 6 nitrogen and oxygen atoms in total. The third-order valence-electron chi connectivity index (χ3n) is 5.82. The van der Waals surface area contributed by atoms with E-state index in [0.29, 0.717) is 19.0 Å². The molecule has 1 aromatic carbocycles. The van der Waals surface area contributed by atoms with Crippen LogP contribution in [0, 0.1) is 11.8 Å². The van der Waals surface area contributed by atoms with E-state index in [2.05, 4.69) is 27.9 Å². The number of rotatable bonds is 5. The first-order valence-corrected chi connectivity index (χ1v) is 9.86. The van der Waals surface area contributed by atoms with Crippen molar-refractivity contribution in [1.29, 1.82) is 0 Å². The molecule has 144 valence electrons. The summed E-state index contributed by atoms with van der Waals surface area (Å²) in [6.07, 6.45) is 6.08. The quantitative estimate of drug-likeness (QED) is 0.847. The molecule has 0 radical (unpaired) electrons. The molecule has 27 heavy (non-hydrogen) atoms. The summed E-state index contributed by atoms with van der Waals surface area (Å²) >= 11 is 0. The molecule has 6 heteroatoms. The van der Waals surface area contributed by atoms with Crippen molar-refractivity contribution in [3.63, 3.8) is 0 Å². The first kappa shape index (κ1) is 18.2. The lowest BCUT2D eigenvalue weighted by Gasteiger charge is -2.32. The first-order valence-electron chi connectivity index (χ1n) is 9.86. The molecule has 1 amide bonds. The molecule has 2 saturated heterocycles. The van der Waals surface area contributed by atoms with Gasteiger partial charge in [0.1, 0.15) is 0 Å². The van der Waals surface area contributed by atoms with Crippen LogP contribution in [0.15, 0.2) is 42.7 Å². The number of aromatic nitrogens is 2. The molecule has 3 heterocycles. The Morgan fingerprint density at radius 2 is 2.15 bits per heavy atom. The van der Waals surface area contributed by atoms with Gasteiger partial charge in [0.15, 0.2) is 0 Å². The van der Waals surface area contributed by atoms with Crippen LogP contribution >= 0.6 is 0 Å². The van der Waals surface area contributed by atoms with Crippen molar-refractivity contribution in [2.45, 2.75) is 24.9 Å². The van der Waals surface area contributed by atoms with E-state index in [0.717, 1.165) is 31.6 Å². The fourth-order valence-electron chi connectivity index (χ4n) is 4.36. The van der Waals surface area contributed by atoms with Crippen LogP contribution in [0.3, 0.4) is 0 Å². The molecular formula is C21H28N4O2. The second-order valence-corrected chi connectivity index (χ2v) is 7.67. The second kappa shape index (κ2) is 8.23. The third-order valence-corrected chi connectivity index (χ3v) is 5.82. The van der Waals surface area contributed by atoms with Gasteiger partial charge < -0.3 is 15.4 Å². The maximum absolute atomic E-state index is 12.9. The number of nitrogens with zero attached hydrogens (tertiary/aromatic N) is 2. The summed E-state index contributed by atoms with van der Waals surface area (Å²) in [5, 5.41) is 10.8. The zero-order valence-electron chi connectivity index (χ0n) is 15.8. The highest BCUT2D eigenvalue weighted by Crippen LogP contribution is 2.33. The molecule has 0 spiro atoms. The summed E-state index contributed by atoms with van der Waals surface area (Å²) in [5.74, 6) is 0.586. The van der Waals surface area contributed by atoms with Gasteiger partial charge in [-0.2, -0.15) is 5.10 Å². The van der Waals surface area contributed by atoms with E-state index in [9.17, 15) is 4.79 Å². The Morgan fingerprint density at radius 3 is 2.93 bits per heavy atom. The molecule has 0 bridgehead atoms. The standard InChI is InChI=1S/C21H28N4O2/c1-25-14-17(11-24-25)18-12-22-13-19(18)21(26)23-10-16-8-5-9-27-20(16)15-6-3-2-4-7-15/h2-4,6-7,11,14,16,18-20,22H,5,8-10,12-13H2,1H3,(H,23,26)/t16?,18-,19+,20?/m1/s1. The van der Waals surface area contributed by atoms with Crippen LogP contribution in [0.5, 0.6) is 0 Å². The fraction of sp³-hybridized carbons (Fsp3) is 0.524. The van der Waals surface area contributed by atoms with Crippen molar-refractivity contribution in [2.75, 3.05) is 26.2 Å². The molecule has 4 rings (SSSR count). The SMILES string of the molecule is Cn1cc([C@H]2CNC[C@@H]2C(=O)NCC2CCCOC2c2ccccc2)cn1. The fourth-order valence-corrected chi connectivity index (χ4v) is 4.36. The van der Waals surface area contributed by atoms with E-state index >= 15 is 0 Å². The number of carbonyl (C=O) groups is 1. The van der Waals surface area contributed by atoms with E-state index < -0.39 is 0 Å². The smallest absolute Gasteiger partial charge is 0.225 e. The molecule has 0 saturated carbocycles. The summed E-state index contributed by atoms with van der Waals surface area (Å²) in [6.45, 7) is 2.99. The summed E-state index contributed by atoms with van der Waals surface area (Å²) in [5.41, 5.74) is 2.33. The van der Waals surface area contributed by atoms with Gasteiger partial charge in [0.25, 0.3) is 0 Å². The molecule has 0 aliphatic carbocycles. The minimum Gasteiger partial charge on any atom is -0.373 e. The largest absolute Gasteiger partial charge is 0.373 e. The van der Waals surface area contributed by atoms with E-state index in [1.54, 1.807) is 4.68 Å². The lowest BCUT2D eigenvalue weighted by atomic mass is 9.88. The molecule has 2 N–H and O–H groups in total. The average molecular weight is 368 g/mol. The van der Waals surface area contributed by atoms with Crippen molar-refractivity contribution in [3.8, 4) is 0 Å². The summed E-state index contributed by atoms with van der Waals surface area (Å²) in [7, 11) is 1.91. The van der Waals surface area contributed by atoms with Crippen LogP contribution in [0.2, 0.25) is 0 Å². The number of ether oxygens (including phenoxy) is 1. The van der Waals surface area contributed by atoms with Gasteiger partial charge in [-0.15, -0.1) is 0 Å². The third kappa shape index (κ3) is 4.06. The van der Waals surface area contributed by atoms with Crippen molar-refractivity contribution in [2.24, 2.45) is 18.9 Å². The van der Waals surface area contributed by atoms with Gasteiger partial charge in [-0.05, 0) is 24.0 Å². The van der Waals surface area contributed by atoms with E-state index in [1.807, 2.05) is 37.6 Å². The molecule has 4 atom stereocenters. The number of hydrogen-bond donors (Lipinski definition) is 2. The molecule has 2 aliphatic rings. The minimum absolute atomic E-state index is 0.0473. The number of hydrogen-bond acceptors (Lipinski definition) is 4. The number of nitrogens with one attached hydrogen (secondary N) is 2. The lowest BCUT2D eigenvalue weighted by Crippen LogP contribution is -2.39. The monoisotopic (exact) mass is 368 g/mol. The first-order chi connectivity index (χ1) is 13.2. The van der Waals surface area contributed by atoms with Gasteiger partial charge in [-0.3, -0.25) is 9.48 Å². The molecular weight excluding hydrogens is 340 g/mol. The predicted octanol–water partition coefficient (Wildman–Crippen LogP) is 2.01. The molecule has 1 aromatic heterocycles. The maximum Gasteiger partial charge on any atom is 0.225 e. The molecule has 2 aliphatic heterocycles. The number of benzene rings is 1. The van der Waals surface area contributed by atoms with Crippen LogP contribution in [0.4, 0.5) is 0 Å². The highest BCUT2D eigenvalue weighted by Gasteiger charge is 2.35. The highest BCUT2D eigenvalue weighted by atomic mass is 16.5. The van der Waals surface area contributed by atoms with Gasteiger partial charge in [0, 0.05) is 51.3 Å². The van der Waals surface area contributed by atoms with Crippen molar-refractivity contribution in [3.05, 3.63) is 53.9 Å². The van der Waals surface area contributed by atoms with Gasteiger partial charge in [-0.1, -0.05) is 30.3 Å². The van der Waals surface area contributed by atoms with Crippen LogP contribution in [0.1, 0.15) is 36.0 Å². The van der Waals surface area contributed by atoms with Gasteiger partial charge in [0.05, 0.1) is 18.2 Å². The van der Waals surface area contributed by atoms with E-state index in [1.165, 1.54) is 5.56 Å². The Morgan fingerprint density at radius 1 is 1.30 bits per heavy atom. The Labute approximate surface area is 160 Å². The number of amides is 1. The summed E-state index contributed by atoms with van der Waals surface area (Å²) in [6, 6.07) is 10.3. The summed E-state index contributed by atoms with van der Waals surface area (Å²) < 4.78 is 7.85. The average Bonchev–Trinajstić information content (AvgIpc) is 3.36. The van der Waals surface area contributed by atoms with Gasteiger partial charge >= 0.3 is 0 Å². The lowest BCUT2D eigenvalue weighted by molar-refractivity contribution is -0.125. The Bertz CT molecular complexity index is 761. The minimum atomic E-state index is -0.0473. The number of aryl methyl sites for hydroxylation is 1. The Kier molecular flexibility index (Phi) is 5.55. The zero-order chi connectivity index (χ0) is 18.6. The number of carbonyl (C=O) groups excluding carboxylic acids is 1. The van der Waals surface area contributed by atoms with Crippen molar-refractivity contribution < 1.29 is 9.53 Å². The molecule has 2 fully saturated rings. The molecule has 2 unspecified atom stereocenters. The van der Waals surface area contributed by atoms with E-state index in [-0.39, 0.29) is 23.8 Å². The van der Waals surface area contributed by atoms with E-state index in [4.69, 9.17) is 4.74 Å². The van der Waals surface area contributed by atoms with Gasteiger partial charge in [-0.25, -0.2) is 0 Å². The second-order valence-electron chi connectivity index (χ2n) is 7.67. The zero-order valence-corrected chi connectivity index (χ0v) is 15.8. The van der Waals surface area contributed by atoms with Crippen LogP contribution in [0.25, 0.3) is 0 Å². The maximum atomic E-state index is 12.9. The van der Waals surface area contributed by atoms with Crippen LogP contribution in [-0.2, 0) is 16.6 Å². The van der Waals surface area contributed by atoms with Crippen LogP contribution in [-0.4, -0.2) is 41.9 Å².